The van der Waals surface area contributed by atoms with Gasteiger partial charge in [0.2, 0.25) is 0 Å². The maximum atomic E-state index is 12.0. The second kappa shape index (κ2) is 6.68. The highest BCUT2D eigenvalue weighted by atomic mass is 16.2. The molecule has 0 unspecified atom stereocenters. The zero-order chi connectivity index (χ0) is 11.8. The molecular formula is C11H16N4O. The summed E-state index contributed by atoms with van der Waals surface area (Å²) in [7, 11) is 0. The number of rotatable bonds is 2. The molecule has 16 heavy (non-hydrogen) atoms. The molecule has 0 bridgehead atoms. The van der Waals surface area contributed by atoms with Crippen LogP contribution in [0.4, 0.5) is 4.79 Å². The number of hydrogen-bond donors (Lipinski definition) is 0. The molecule has 0 aromatic heterocycles. The van der Waals surface area contributed by atoms with E-state index in [1.54, 1.807) is 4.90 Å². The van der Waals surface area contributed by atoms with Crippen molar-refractivity contribution in [1.29, 1.82) is 10.5 Å². The van der Waals surface area contributed by atoms with Crippen molar-refractivity contribution in [3.63, 3.8) is 0 Å². The van der Waals surface area contributed by atoms with Gasteiger partial charge in [-0.1, -0.05) is 12.8 Å². The zero-order valence-electron chi connectivity index (χ0n) is 9.35. The Morgan fingerprint density at radius 1 is 1.06 bits per heavy atom. The molecule has 86 valence electrons. The monoisotopic (exact) mass is 220 g/mol. The smallest absolute Gasteiger partial charge is 0.321 e. The SMILES string of the molecule is N#CCN(CC#N)C(=O)N1CCCCCC1. The van der Waals surface area contributed by atoms with Crippen molar-refractivity contribution in [1.82, 2.24) is 9.80 Å². The highest BCUT2D eigenvalue weighted by Crippen LogP contribution is 2.11. The van der Waals surface area contributed by atoms with Gasteiger partial charge in [-0.15, -0.1) is 0 Å². The Kier molecular flexibility index (Phi) is 5.15. The van der Waals surface area contributed by atoms with Crippen LogP contribution < -0.4 is 0 Å². The minimum atomic E-state index is -0.176. The Morgan fingerprint density at radius 2 is 1.56 bits per heavy atom. The van der Waals surface area contributed by atoms with Gasteiger partial charge in [0.25, 0.3) is 0 Å². The predicted molar refractivity (Wildman–Crippen MR) is 58.2 cm³/mol. The van der Waals surface area contributed by atoms with Crippen LogP contribution in [0.1, 0.15) is 25.7 Å². The Balaban J connectivity index is 2.58. The summed E-state index contributed by atoms with van der Waals surface area (Å²) in [5, 5.41) is 17.2. The highest BCUT2D eigenvalue weighted by molar-refractivity contribution is 5.75. The molecule has 1 heterocycles. The lowest BCUT2D eigenvalue weighted by Crippen LogP contribution is -2.44. The van der Waals surface area contributed by atoms with Crippen molar-refractivity contribution in [2.24, 2.45) is 0 Å². The Morgan fingerprint density at radius 3 is 2.00 bits per heavy atom. The van der Waals surface area contributed by atoms with E-state index in [1.807, 2.05) is 12.1 Å². The molecule has 0 aromatic carbocycles. The average Bonchev–Trinajstić information content (AvgIpc) is 2.56. The summed E-state index contributed by atoms with van der Waals surface area (Å²) in [6.07, 6.45) is 4.33. The van der Waals surface area contributed by atoms with Crippen molar-refractivity contribution in [3.05, 3.63) is 0 Å². The van der Waals surface area contributed by atoms with Crippen LogP contribution in [0.3, 0.4) is 0 Å². The molecule has 1 saturated heterocycles. The number of nitrogens with zero attached hydrogens (tertiary/aromatic N) is 4. The molecule has 0 aromatic rings. The van der Waals surface area contributed by atoms with Gasteiger partial charge in [0.05, 0.1) is 12.1 Å². The van der Waals surface area contributed by atoms with Gasteiger partial charge in [-0.25, -0.2) is 4.79 Å². The number of hydrogen-bond acceptors (Lipinski definition) is 3. The normalized spacial score (nSPS) is 15.8. The van der Waals surface area contributed by atoms with Crippen LogP contribution in [0.25, 0.3) is 0 Å². The minimum Gasteiger partial charge on any atom is -0.325 e. The first kappa shape index (κ1) is 12.3. The van der Waals surface area contributed by atoms with E-state index in [-0.39, 0.29) is 19.1 Å². The van der Waals surface area contributed by atoms with Crippen molar-refractivity contribution in [2.45, 2.75) is 25.7 Å². The molecule has 1 rings (SSSR count). The molecule has 2 amide bonds. The summed E-state index contributed by atoms with van der Waals surface area (Å²) >= 11 is 0. The molecule has 0 atom stereocenters. The lowest BCUT2D eigenvalue weighted by molar-refractivity contribution is 0.165. The first-order valence-electron chi connectivity index (χ1n) is 5.57. The fourth-order valence-electron chi connectivity index (χ4n) is 1.82. The van der Waals surface area contributed by atoms with E-state index in [1.165, 1.54) is 4.90 Å². The van der Waals surface area contributed by atoms with E-state index in [2.05, 4.69) is 0 Å². The summed E-state index contributed by atoms with van der Waals surface area (Å²) in [6, 6.07) is 3.66. The summed E-state index contributed by atoms with van der Waals surface area (Å²) < 4.78 is 0. The molecule has 1 aliphatic rings. The Labute approximate surface area is 95.8 Å². The minimum absolute atomic E-state index is 0.0110. The lowest BCUT2D eigenvalue weighted by Gasteiger charge is -2.26. The van der Waals surface area contributed by atoms with Crippen LogP contribution in [0, 0.1) is 22.7 Å². The topological polar surface area (TPSA) is 71.1 Å². The Bertz CT molecular complexity index is 291. The van der Waals surface area contributed by atoms with E-state index >= 15 is 0 Å². The number of amides is 2. The third-order valence-corrected chi connectivity index (χ3v) is 2.67. The molecule has 1 fully saturated rings. The van der Waals surface area contributed by atoms with Gasteiger partial charge in [0.1, 0.15) is 13.1 Å². The average molecular weight is 220 g/mol. The quantitative estimate of drug-likeness (QED) is 0.659. The van der Waals surface area contributed by atoms with Gasteiger partial charge in [-0.05, 0) is 12.8 Å². The van der Waals surface area contributed by atoms with Gasteiger partial charge in [0.15, 0.2) is 0 Å². The number of likely N-dealkylation sites (tertiary alicyclic amines) is 1. The van der Waals surface area contributed by atoms with E-state index in [0.29, 0.717) is 0 Å². The van der Waals surface area contributed by atoms with Gasteiger partial charge in [-0.3, -0.25) is 4.90 Å². The van der Waals surface area contributed by atoms with Crippen molar-refractivity contribution in [3.8, 4) is 12.1 Å². The molecule has 5 nitrogen and oxygen atoms in total. The van der Waals surface area contributed by atoms with E-state index in [4.69, 9.17) is 10.5 Å². The van der Waals surface area contributed by atoms with Gasteiger partial charge in [-0.2, -0.15) is 10.5 Å². The van der Waals surface area contributed by atoms with Crippen LogP contribution in [-0.4, -0.2) is 42.0 Å². The number of carbonyl (C=O) groups excluding carboxylic acids is 1. The van der Waals surface area contributed by atoms with Crippen molar-refractivity contribution >= 4 is 6.03 Å². The van der Waals surface area contributed by atoms with Gasteiger partial charge < -0.3 is 4.90 Å². The summed E-state index contributed by atoms with van der Waals surface area (Å²) in [4.78, 5) is 15.0. The summed E-state index contributed by atoms with van der Waals surface area (Å²) in [5.41, 5.74) is 0. The molecule has 1 aliphatic heterocycles. The van der Waals surface area contributed by atoms with Crippen LogP contribution in [0.15, 0.2) is 0 Å². The number of nitriles is 2. The molecule has 0 radical (unpaired) electrons. The van der Waals surface area contributed by atoms with E-state index < -0.39 is 0 Å². The lowest BCUT2D eigenvalue weighted by atomic mass is 10.2. The first-order chi connectivity index (χ1) is 7.79. The van der Waals surface area contributed by atoms with E-state index in [0.717, 1.165) is 38.8 Å². The van der Waals surface area contributed by atoms with Gasteiger partial charge in [0, 0.05) is 13.1 Å². The van der Waals surface area contributed by atoms with Crippen LogP contribution >= 0.6 is 0 Å². The fourth-order valence-corrected chi connectivity index (χ4v) is 1.82. The molecule has 0 spiro atoms. The standard InChI is InChI=1S/C11H16N4O/c12-5-9-15(10-6-13)11(16)14-7-3-1-2-4-8-14/h1-4,7-10H2. The number of urea groups is 1. The summed E-state index contributed by atoms with van der Waals surface area (Å²) in [5.74, 6) is 0. The van der Waals surface area contributed by atoms with Crippen LogP contribution in [0.5, 0.6) is 0 Å². The second-order valence-corrected chi connectivity index (χ2v) is 3.86. The zero-order valence-corrected chi connectivity index (χ0v) is 9.35. The molecule has 5 heteroatoms. The summed E-state index contributed by atoms with van der Waals surface area (Å²) in [6.45, 7) is 1.46. The Hall–Kier alpha value is -1.75. The molecular weight excluding hydrogens is 204 g/mol. The van der Waals surface area contributed by atoms with Crippen molar-refractivity contribution < 1.29 is 4.79 Å². The highest BCUT2D eigenvalue weighted by Gasteiger charge is 2.21. The maximum Gasteiger partial charge on any atom is 0.321 e. The maximum absolute atomic E-state index is 12.0. The third-order valence-electron chi connectivity index (χ3n) is 2.67. The molecule has 0 saturated carbocycles. The third kappa shape index (κ3) is 3.43. The van der Waals surface area contributed by atoms with Crippen LogP contribution in [-0.2, 0) is 0 Å². The number of carbonyl (C=O) groups is 1. The van der Waals surface area contributed by atoms with Crippen LogP contribution in [0.2, 0.25) is 0 Å². The largest absolute Gasteiger partial charge is 0.325 e. The van der Waals surface area contributed by atoms with Crippen molar-refractivity contribution in [2.75, 3.05) is 26.2 Å². The van der Waals surface area contributed by atoms with E-state index in [9.17, 15) is 4.79 Å². The fraction of sp³-hybridized carbons (Fsp3) is 0.727. The molecule has 0 aliphatic carbocycles. The first-order valence-corrected chi connectivity index (χ1v) is 5.57. The second-order valence-electron chi connectivity index (χ2n) is 3.86. The predicted octanol–water partition coefficient (Wildman–Crippen LogP) is 1.33. The van der Waals surface area contributed by atoms with Gasteiger partial charge >= 0.3 is 6.03 Å². The molecule has 0 N–H and O–H groups in total.